The van der Waals surface area contributed by atoms with E-state index in [9.17, 15) is 0 Å². The molecule has 0 amide bonds. The van der Waals surface area contributed by atoms with Crippen molar-refractivity contribution in [3.05, 3.63) is 60.4 Å². The smallest absolute Gasteiger partial charge is 0.164 e. The molecule has 0 saturated carbocycles. The van der Waals surface area contributed by atoms with Crippen molar-refractivity contribution in [1.82, 2.24) is 29.6 Å². The summed E-state index contributed by atoms with van der Waals surface area (Å²) < 4.78 is 2.20. The SMILES string of the molecule is c1cncc(CN2CCn3c(nnc3-c3ccncc3)C2)c1. The van der Waals surface area contributed by atoms with E-state index < -0.39 is 0 Å². The average molecular weight is 292 g/mol. The third-order valence-corrected chi connectivity index (χ3v) is 3.90. The van der Waals surface area contributed by atoms with E-state index in [4.69, 9.17) is 0 Å². The van der Waals surface area contributed by atoms with E-state index in [-0.39, 0.29) is 0 Å². The summed E-state index contributed by atoms with van der Waals surface area (Å²) in [5.41, 5.74) is 2.29. The van der Waals surface area contributed by atoms with Crippen LogP contribution in [0.4, 0.5) is 0 Å². The minimum atomic E-state index is 0.812. The van der Waals surface area contributed by atoms with Gasteiger partial charge in [-0.25, -0.2) is 0 Å². The zero-order chi connectivity index (χ0) is 14.8. The number of pyridine rings is 2. The molecule has 4 rings (SSSR count). The number of hydrogen-bond donors (Lipinski definition) is 0. The van der Waals surface area contributed by atoms with Gasteiger partial charge in [-0.15, -0.1) is 10.2 Å². The summed E-state index contributed by atoms with van der Waals surface area (Å²) in [6.45, 7) is 3.59. The van der Waals surface area contributed by atoms with Gasteiger partial charge in [-0.2, -0.15) is 0 Å². The van der Waals surface area contributed by atoms with Gasteiger partial charge in [0.05, 0.1) is 6.54 Å². The lowest BCUT2D eigenvalue weighted by Gasteiger charge is -2.27. The third kappa shape index (κ3) is 2.48. The second kappa shape index (κ2) is 5.65. The molecule has 6 nitrogen and oxygen atoms in total. The van der Waals surface area contributed by atoms with Crippen molar-refractivity contribution in [3.63, 3.8) is 0 Å². The third-order valence-electron chi connectivity index (χ3n) is 3.90. The first-order valence-electron chi connectivity index (χ1n) is 7.34. The van der Waals surface area contributed by atoms with Crippen molar-refractivity contribution in [2.75, 3.05) is 6.54 Å². The van der Waals surface area contributed by atoms with Crippen LogP contribution in [0.5, 0.6) is 0 Å². The molecule has 0 aromatic carbocycles. The van der Waals surface area contributed by atoms with Crippen LogP contribution in [0.3, 0.4) is 0 Å². The molecule has 3 aromatic rings. The van der Waals surface area contributed by atoms with Crippen LogP contribution in [0.1, 0.15) is 11.4 Å². The molecule has 0 saturated heterocycles. The maximum Gasteiger partial charge on any atom is 0.164 e. The van der Waals surface area contributed by atoms with E-state index in [0.29, 0.717) is 0 Å². The first-order valence-corrected chi connectivity index (χ1v) is 7.34. The molecule has 1 aliphatic rings. The molecule has 0 fully saturated rings. The van der Waals surface area contributed by atoms with Crippen LogP contribution < -0.4 is 0 Å². The van der Waals surface area contributed by atoms with Crippen LogP contribution >= 0.6 is 0 Å². The lowest BCUT2D eigenvalue weighted by Crippen LogP contribution is -2.33. The summed E-state index contributed by atoms with van der Waals surface area (Å²) in [6.07, 6.45) is 7.29. The Kier molecular flexibility index (Phi) is 3.36. The summed E-state index contributed by atoms with van der Waals surface area (Å²) in [7, 11) is 0. The van der Waals surface area contributed by atoms with Gasteiger partial charge in [-0.05, 0) is 23.8 Å². The van der Waals surface area contributed by atoms with Gasteiger partial charge >= 0.3 is 0 Å². The number of rotatable bonds is 3. The quantitative estimate of drug-likeness (QED) is 0.736. The topological polar surface area (TPSA) is 59.7 Å². The molecule has 22 heavy (non-hydrogen) atoms. The highest BCUT2D eigenvalue weighted by Crippen LogP contribution is 2.21. The molecule has 110 valence electrons. The summed E-state index contributed by atoms with van der Waals surface area (Å²) in [5.74, 6) is 1.94. The maximum absolute atomic E-state index is 4.36. The van der Waals surface area contributed by atoms with Crippen molar-refractivity contribution < 1.29 is 0 Å². The second-order valence-electron chi connectivity index (χ2n) is 5.40. The molecular formula is C16H16N6. The summed E-state index contributed by atoms with van der Waals surface area (Å²) in [5, 5.41) is 8.72. The molecule has 0 unspecified atom stereocenters. The van der Waals surface area contributed by atoms with E-state index >= 15 is 0 Å². The number of aromatic nitrogens is 5. The monoisotopic (exact) mass is 292 g/mol. The van der Waals surface area contributed by atoms with Crippen molar-refractivity contribution in [3.8, 4) is 11.4 Å². The molecule has 0 atom stereocenters. The predicted octanol–water partition coefficient (Wildman–Crippen LogP) is 1.75. The van der Waals surface area contributed by atoms with Crippen LogP contribution in [-0.2, 0) is 19.6 Å². The van der Waals surface area contributed by atoms with Gasteiger partial charge in [-0.3, -0.25) is 14.9 Å². The number of hydrogen-bond acceptors (Lipinski definition) is 5. The minimum Gasteiger partial charge on any atom is -0.309 e. The Balaban J connectivity index is 1.54. The van der Waals surface area contributed by atoms with E-state index in [1.54, 1.807) is 18.6 Å². The first-order chi connectivity index (χ1) is 10.9. The van der Waals surface area contributed by atoms with Gasteiger partial charge in [0.25, 0.3) is 0 Å². The van der Waals surface area contributed by atoms with Crippen LogP contribution in [-0.4, -0.2) is 36.2 Å². The van der Waals surface area contributed by atoms with Crippen molar-refractivity contribution in [2.45, 2.75) is 19.6 Å². The van der Waals surface area contributed by atoms with Crippen molar-refractivity contribution in [1.29, 1.82) is 0 Å². The zero-order valence-electron chi connectivity index (χ0n) is 12.1. The Bertz CT molecular complexity index is 753. The molecule has 6 heteroatoms. The van der Waals surface area contributed by atoms with E-state index in [1.165, 1.54) is 5.56 Å². The van der Waals surface area contributed by atoms with Crippen molar-refractivity contribution >= 4 is 0 Å². The van der Waals surface area contributed by atoms with E-state index in [2.05, 4.69) is 35.7 Å². The Morgan fingerprint density at radius 3 is 2.68 bits per heavy atom. The molecule has 4 heterocycles. The normalized spacial score (nSPS) is 14.7. The fourth-order valence-corrected chi connectivity index (χ4v) is 2.81. The molecule has 1 aliphatic heterocycles. The maximum atomic E-state index is 4.36. The van der Waals surface area contributed by atoms with Gasteiger partial charge in [0.15, 0.2) is 5.82 Å². The van der Waals surface area contributed by atoms with Gasteiger partial charge in [-0.1, -0.05) is 6.07 Å². The molecule has 0 radical (unpaired) electrons. The summed E-state index contributed by atoms with van der Waals surface area (Å²) in [6, 6.07) is 8.02. The Morgan fingerprint density at radius 1 is 0.955 bits per heavy atom. The highest BCUT2D eigenvalue weighted by Gasteiger charge is 2.21. The highest BCUT2D eigenvalue weighted by molar-refractivity contribution is 5.54. The number of nitrogens with zero attached hydrogens (tertiary/aromatic N) is 6. The standard InChI is InChI=1S/C16H16N6/c1-2-13(10-18-5-1)11-21-8-9-22-15(12-21)19-20-16(22)14-3-6-17-7-4-14/h1-7,10H,8-9,11-12H2. The molecule has 0 spiro atoms. The Hall–Kier alpha value is -2.60. The second-order valence-corrected chi connectivity index (χ2v) is 5.40. The van der Waals surface area contributed by atoms with Crippen molar-refractivity contribution in [2.24, 2.45) is 0 Å². The fraction of sp³-hybridized carbons (Fsp3) is 0.250. The van der Waals surface area contributed by atoms with Gasteiger partial charge in [0.2, 0.25) is 0 Å². The average Bonchev–Trinajstić information content (AvgIpc) is 3.00. The van der Waals surface area contributed by atoms with Crippen LogP contribution in [0.15, 0.2) is 49.1 Å². The molecule has 0 N–H and O–H groups in total. The zero-order valence-corrected chi connectivity index (χ0v) is 12.1. The fourth-order valence-electron chi connectivity index (χ4n) is 2.81. The first kappa shape index (κ1) is 13.1. The molecule has 0 bridgehead atoms. The minimum absolute atomic E-state index is 0.812. The predicted molar refractivity (Wildman–Crippen MR) is 81.6 cm³/mol. The summed E-state index contributed by atoms with van der Waals surface area (Å²) in [4.78, 5) is 10.6. The summed E-state index contributed by atoms with van der Waals surface area (Å²) >= 11 is 0. The van der Waals surface area contributed by atoms with E-state index in [0.717, 1.165) is 43.4 Å². The lowest BCUT2D eigenvalue weighted by molar-refractivity contribution is 0.209. The molecular weight excluding hydrogens is 276 g/mol. The largest absolute Gasteiger partial charge is 0.309 e. The van der Waals surface area contributed by atoms with E-state index in [1.807, 2.05) is 24.4 Å². The highest BCUT2D eigenvalue weighted by atomic mass is 15.3. The van der Waals surface area contributed by atoms with Crippen LogP contribution in [0.25, 0.3) is 11.4 Å². The molecule has 0 aliphatic carbocycles. The Morgan fingerprint density at radius 2 is 1.86 bits per heavy atom. The van der Waals surface area contributed by atoms with Gasteiger partial charge in [0, 0.05) is 50.0 Å². The van der Waals surface area contributed by atoms with Crippen LogP contribution in [0.2, 0.25) is 0 Å². The van der Waals surface area contributed by atoms with Gasteiger partial charge in [0.1, 0.15) is 5.82 Å². The molecule has 3 aromatic heterocycles. The van der Waals surface area contributed by atoms with Crippen LogP contribution in [0, 0.1) is 0 Å². The van der Waals surface area contributed by atoms with Gasteiger partial charge < -0.3 is 4.57 Å². The Labute approximate surface area is 128 Å². The lowest BCUT2D eigenvalue weighted by atomic mass is 10.2. The number of fused-ring (bicyclic) bond motifs is 1.